The molecule has 2 atom stereocenters. The average Bonchev–Trinajstić information content (AvgIpc) is 3.32. The minimum Gasteiger partial charge on any atom is -0.352 e. The lowest BCUT2D eigenvalue weighted by atomic mass is 9.82. The number of nitrogens with one attached hydrogen (secondary N) is 1. The van der Waals surface area contributed by atoms with Crippen LogP contribution in [-0.4, -0.2) is 34.8 Å². The quantitative estimate of drug-likeness (QED) is 0.528. The van der Waals surface area contributed by atoms with E-state index < -0.39 is 0 Å². The summed E-state index contributed by atoms with van der Waals surface area (Å²) >= 11 is 1.69. The highest BCUT2D eigenvalue weighted by Crippen LogP contribution is 2.38. The Morgan fingerprint density at radius 2 is 1.82 bits per heavy atom. The molecular formula is C27H29N3O2S. The Morgan fingerprint density at radius 3 is 2.67 bits per heavy atom. The van der Waals surface area contributed by atoms with Crippen molar-refractivity contribution in [3.8, 4) is 0 Å². The van der Waals surface area contributed by atoms with Crippen LogP contribution in [0.2, 0.25) is 0 Å². The van der Waals surface area contributed by atoms with Gasteiger partial charge in [0, 0.05) is 31.1 Å². The van der Waals surface area contributed by atoms with Gasteiger partial charge in [0.2, 0.25) is 5.91 Å². The van der Waals surface area contributed by atoms with E-state index in [0.29, 0.717) is 12.1 Å². The standard InChI is InChI=1S/C27H29N3O2S/c31-25(21-11-2-3-12-22(21)26-29-23-13-4-5-14-24(23)33-26)28-18-19-9-8-10-20(17-19)27(32)30-15-6-1-7-16-30/h2-5,8-10,13-14,17,21-22H,1,6-7,11-12,15-16,18H2,(H,28,31). The van der Waals surface area contributed by atoms with Gasteiger partial charge in [0.05, 0.1) is 21.1 Å². The Morgan fingerprint density at radius 1 is 1.00 bits per heavy atom. The monoisotopic (exact) mass is 459 g/mol. The average molecular weight is 460 g/mol. The number of fused-ring (bicyclic) bond motifs is 1. The highest BCUT2D eigenvalue weighted by Gasteiger charge is 2.32. The fraction of sp³-hybridized carbons (Fsp3) is 0.370. The molecule has 5 nitrogen and oxygen atoms in total. The molecule has 1 N–H and O–H groups in total. The molecule has 170 valence electrons. The molecule has 1 saturated heterocycles. The second-order valence-electron chi connectivity index (χ2n) is 8.95. The van der Waals surface area contributed by atoms with E-state index in [2.05, 4.69) is 23.5 Å². The van der Waals surface area contributed by atoms with Gasteiger partial charge in [0.1, 0.15) is 0 Å². The summed E-state index contributed by atoms with van der Waals surface area (Å²) in [6.07, 6.45) is 9.17. The minimum atomic E-state index is -0.131. The van der Waals surface area contributed by atoms with Crippen molar-refractivity contribution in [2.75, 3.05) is 13.1 Å². The Balaban J connectivity index is 1.26. The first-order valence-corrected chi connectivity index (χ1v) is 12.7. The minimum absolute atomic E-state index is 0.0522. The largest absolute Gasteiger partial charge is 0.352 e. The molecule has 0 spiro atoms. The third-order valence-corrected chi connectivity index (χ3v) is 7.85. The smallest absolute Gasteiger partial charge is 0.253 e. The van der Waals surface area contributed by atoms with Gasteiger partial charge in [0.15, 0.2) is 0 Å². The van der Waals surface area contributed by atoms with E-state index >= 15 is 0 Å². The molecule has 33 heavy (non-hydrogen) atoms. The van der Waals surface area contributed by atoms with E-state index in [1.165, 1.54) is 6.42 Å². The molecule has 0 radical (unpaired) electrons. The van der Waals surface area contributed by atoms with Gasteiger partial charge in [-0.25, -0.2) is 4.98 Å². The van der Waals surface area contributed by atoms with Gasteiger partial charge in [-0.15, -0.1) is 11.3 Å². The lowest BCUT2D eigenvalue weighted by Gasteiger charge is -2.27. The van der Waals surface area contributed by atoms with Crippen molar-refractivity contribution in [2.45, 2.75) is 44.6 Å². The maximum absolute atomic E-state index is 13.2. The van der Waals surface area contributed by atoms with E-state index in [9.17, 15) is 9.59 Å². The maximum Gasteiger partial charge on any atom is 0.253 e. The van der Waals surface area contributed by atoms with Gasteiger partial charge >= 0.3 is 0 Å². The van der Waals surface area contributed by atoms with E-state index in [1.807, 2.05) is 47.4 Å². The third kappa shape index (κ3) is 4.86. The zero-order valence-electron chi connectivity index (χ0n) is 18.7. The van der Waals surface area contributed by atoms with Crippen LogP contribution in [0.1, 0.15) is 59.0 Å². The number of para-hydroxylation sites is 1. The topological polar surface area (TPSA) is 62.3 Å². The van der Waals surface area contributed by atoms with Crippen molar-refractivity contribution in [1.29, 1.82) is 0 Å². The molecule has 1 aliphatic carbocycles. The van der Waals surface area contributed by atoms with Crippen molar-refractivity contribution in [1.82, 2.24) is 15.2 Å². The number of hydrogen-bond donors (Lipinski definition) is 1. The van der Waals surface area contributed by atoms with Gasteiger partial charge in [0.25, 0.3) is 5.91 Å². The van der Waals surface area contributed by atoms with Crippen molar-refractivity contribution < 1.29 is 9.59 Å². The summed E-state index contributed by atoms with van der Waals surface area (Å²) in [5.41, 5.74) is 2.66. The van der Waals surface area contributed by atoms with E-state index in [4.69, 9.17) is 4.98 Å². The fourth-order valence-electron chi connectivity index (χ4n) is 4.84. The number of hydrogen-bond acceptors (Lipinski definition) is 4. The van der Waals surface area contributed by atoms with Gasteiger partial charge in [-0.3, -0.25) is 9.59 Å². The molecule has 2 aromatic carbocycles. The normalized spacial score (nSPS) is 20.7. The van der Waals surface area contributed by atoms with Crippen molar-refractivity contribution in [3.63, 3.8) is 0 Å². The summed E-state index contributed by atoms with van der Waals surface area (Å²) < 4.78 is 1.16. The summed E-state index contributed by atoms with van der Waals surface area (Å²) in [5.74, 6) is 0.112. The summed E-state index contributed by atoms with van der Waals surface area (Å²) in [4.78, 5) is 32.8. The summed E-state index contributed by atoms with van der Waals surface area (Å²) in [6, 6.07) is 15.8. The molecule has 2 heterocycles. The van der Waals surface area contributed by atoms with Gasteiger partial charge in [-0.05, 0) is 61.9 Å². The molecule has 0 bridgehead atoms. The number of thiazole rings is 1. The molecule has 6 heteroatoms. The highest BCUT2D eigenvalue weighted by atomic mass is 32.1. The zero-order valence-corrected chi connectivity index (χ0v) is 19.5. The molecule has 5 rings (SSSR count). The summed E-state index contributed by atoms with van der Waals surface area (Å²) in [5, 5.41) is 4.16. The number of carbonyl (C=O) groups excluding carboxylic acids is 2. The second kappa shape index (κ2) is 9.87. The van der Waals surface area contributed by atoms with E-state index in [0.717, 1.165) is 59.6 Å². The molecule has 1 aliphatic heterocycles. The van der Waals surface area contributed by atoms with Crippen LogP contribution in [-0.2, 0) is 11.3 Å². The second-order valence-corrected chi connectivity index (χ2v) is 10.0. The van der Waals surface area contributed by atoms with Gasteiger partial charge < -0.3 is 10.2 Å². The Hall–Kier alpha value is -2.99. The van der Waals surface area contributed by atoms with Gasteiger partial charge in [-0.1, -0.05) is 36.4 Å². The highest BCUT2D eigenvalue weighted by molar-refractivity contribution is 7.18. The van der Waals surface area contributed by atoms with Crippen molar-refractivity contribution in [2.24, 2.45) is 5.92 Å². The van der Waals surface area contributed by atoms with Crippen LogP contribution in [0.15, 0.2) is 60.7 Å². The molecule has 2 unspecified atom stereocenters. The SMILES string of the molecule is O=C(NCc1cccc(C(=O)N2CCCCC2)c1)C1CC=CCC1c1nc2ccccc2s1. The number of nitrogens with zero attached hydrogens (tertiary/aromatic N) is 2. The number of amides is 2. The third-order valence-electron chi connectivity index (χ3n) is 6.68. The number of aromatic nitrogens is 1. The Labute approximate surface area is 198 Å². The van der Waals surface area contributed by atoms with Crippen LogP contribution in [0.4, 0.5) is 0 Å². The lowest BCUT2D eigenvalue weighted by Crippen LogP contribution is -2.36. The van der Waals surface area contributed by atoms with Crippen molar-refractivity contribution >= 4 is 33.4 Å². The molecule has 0 saturated carbocycles. The zero-order chi connectivity index (χ0) is 22.6. The first kappa shape index (κ1) is 21.8. The lowest BCUT2D eigenvalue weighted by molar-refractivity contribution is -0.125. The molecule has 3 aromatic rings. The number of benzene rings is 2. The molecule has 1 fully saturated rings. The molecule has 2 aliphatic rings. The van der Waals surface area contributed by atoms with Crippen molar-refractivity contribution in [3.05, 3.63) is 76.8 Å². The maximum atomic E-state index is 13.2. The van der Waals surface area contributed by atoms with E-state index in [-0.39, 0.29) is 23.7 Å². The summed E-state index contributed by atoms with van der Waals surface area (Å²) in [7, 11) is 0. The molecule has 1 aromatic heterocycles. The first-order chi connectivity index (χ1) is 16.2. The predicted octanol–water partition coefficient (Wildman–Crippen LogP) is 5.29. The van der Waals surface area contributed by atoms with Crippen LogP contribution in [0.5, 0.6) is 0 Å². The van der Waals surface area contributed by atoms with E-state index in [1.54, 1.807) is 11.3 Å². The fourth-order valence-corrected chi connectivity index (χ4v) is 5.99. The van der Waals surface area contributed by atoms with Gasteiger partial charge in [-0.2, -0.15) is 0 Å². The first-order valence-electron chi connectivity index (χ1n) is 11.9. The number of likely N-dealkylation sites (tertiary alicyclic amines) is 1. The van der Waals surface area contributed by atoms with Crippen LogP contribution >= 0.6 is 11.3 Å². The Bertz CT molecular complexity index is 1150. The number of piperidine rings is 1. The molecular weight excluding hydrogens is 430 g/mol. The predicted molar refractivity (Wildman–Crippen MR) is 132 cm³/mol. The summed E-state index contributed by atoms with van der Waals surface area (Å²) in [6.45, 7) is 2.09. The van der Waals surface area contributed by atoms with Crippen LogP contribution in [0.3, 0.4) is 0 Å². The van der Waals surface area contributed by atoms with Crippen LogP contribution < -0.4 is 5.32 Å². The molecule has 2 amide bonds. The number of carbonyl (C=O) groups is 2. The number of allylic oxidation sites excluding steroid dienone is 2. The Kier molecular flexibility index (Phi) is 6.53. The van der Waals surface area contributed by atoms with Crippen LogP contribution in [0, 0.1) is 5.92 Å². The van der Waals surface area contributed by atoms with Crippen LogP contribution in [0.25, 0.3) is 10.2 Å². The number of rotatable bonds is 5.